The van der Waals surface area contributed by atoms with Crippen LogP contribution in [-0.4, -0.2) is 53.0 Å². The predicted octanol–water partition coefficient (Wildman–Crippen LogP) is 3.04. The van der Waals surface area contributed by atoms with Crippen molar-refractivity contribution in [2.75, 3.05) is 13.2 Å². The number of alkyl carbamates (subject to hydrolysis) is 1. The molecule has 0 saturated carbocycles. The third-order valence-corrected chi connectivity index (χ3v) is 6.35. The van der Waals surface area contributed by atoms with Crippen LogP contribution in [0.5, 0.6) is 0 Å². The summed E-state index contributed by atoms with van der Waals surface area (Å²) in [6.07, 6.45) is -0.393. The van der Waals surface area contributed by atoms with Crippen LogP contribution in [0.2, 0.25) is 0 Å². The Kier molecular flexibility index (Phi) is 7.71. The number of amides is 2. The number of nitrogens with one attached hydrogen (secondary N) is 2. The Balaban J connectivity index is 1.71. The Hall–Kier alpha value is -3.39. The van der Waals surface area contributed by atoms with Gasteiger partial charge in [-0.2, -0.15) is 0 Å². The van der Waals surface area contributed by atoms with Gasteiger partial charge in [-0.3, -0.25) is 4.79 Å². The fourth-order valence-electron chi connectivity index (χ4n) is 4.32. The van der Waals surface area contributed by atoms with Gasteiger partial charge in [-0.1, -0.05) is 62.4 Å². The van der Waals surface area contributed by atoms with Gasteiger partial charge in [-0.05, 0) is 35.1 Å². The second-order valence-electron chi connectivity index (χ2n) is 8.12. The summed E-state index contributed by atoms with van der Waals surface area (Å²) in [6, 6.07) is 14.7. The highest BCUT2D eigenvalue weighted by atomic mass is 16.5. The van der Waals surface area contributed by atoms with E-state index < -0.39 is 29.6 Å². The molecule has 1 aliphatic carbocycles. The molecule has 1 atom stereocenters. The van der Waals surface area contributed by atoms with E-state index >= 15 is 0 Å². The molecule has 0 unspecified atom stereocenters. The van der Waals surface area contributed by atoms with E-state index in [-0.39, 0.29) is 38.4 Å². The van der Waals surface area contributed by atoms with E-state index in [1.54, 1.807) is 13.8 Å². The topological polar surface area (TPSA) is 125 Å². The zero-order valence-corrected chi connectivity index (χ0v) is 18.8. The monoisotopic (exact) mass is 454 g/mol. The highest BCUT2D eigenvalue weighted by molar-refractivity contribution is 5.92. The molecule has 0 aliphatic heterocycles. The maximum Gasteiger partial charge on any atom is 0.408 e. The van der Waals surface area contributed by atoms with Crippen LogP contribution >= 0.6 is 0 Å². The molecule has 0 saturated heterocycles. The van der Waals surface area contributed by atoms with Crippen LogP contribution in [0.15, 0.2) is 48.5 Å². The number of aliphatic hydroxyl groups is 1. The van der Waals surface area contributed by atoms with Crippen molar-refractivity contribution < 1.29 is 29.3 Å². The summed E-state index contributed by atoms with van der Waals surface area (Å²) in [7, 11) is 0. The van der Waals surface area contributed by atoms with Crippen molar-refractivity contribution in [3.63, 3.8) is 0 Å². The van der Waals surface area contributed by atoms with Crippen LogP contribution in [0.25, 0.3) is 11.1 Å². The van der Waals surface area contributed by atoms with Crippen molar-refractivity contribution in [3.05, 3.63) is 59.7 Å². The lowest BCUT2D eigenvalue weighted by molar-refractivity contribution is -0.143. The van der Waals surface area contributed by atoms with Crippen molar-refractivity contribution in [3.8, 4) is 11.1 Å². The van der Waals surface area contributed by atoms with E-state index in [0.717, 1.165) is 22.3 Å². The number of rotatable bonds is 10. The maximum atomic E-state index is 12.9. The fourth-order valence-corrected chi connectivity index (χ4v) is 4.32. The molecule has 8 nitrogen and oxygen atoms in total. The van der Waals surface area contributed by atoms with Gasteiger partial charge in [0.1, 0.15) is 18.2 Å². The average molecular weight is 455 g/mol. The van der Waals surface area contributed by atoms with Gasteiger partial charge in [0.05, 0.1) is 0 Å². The number of carboxylic acid groups (broad SMARTS) is 1. The third kappa shape index (κ3) is 5.01. The second-order valence-corrected chi connectivity index (χ2v) is 8.12. The number of aliphatic carboxylic acids is 1. The maximum absolute atomic E-state index is 12.9. The van der Waals surface area contributed by atoms with E-state index in [1.807, 2.05) is 48.5 Å². The molecule has 0 fully saturated rings. The van der Waals surface area contributed by atoms with Gasteiger partial charge in [0.25, 0.3) is 0 Å². The second kappa shape index (κ2) is 10.5. The molecule has 2 aromatic carbocycles. The number of fused-ring (bicyclic) bond motifs is 3. The summed E-state index contributed by atoms with van der Waals surface area (Å²) in [5.74, 6) is -1.99. The van der Waals surface area contributed by atoms with Gasteiger partial charge in [0.15, 0.2) is 0 Å². The highest BCUT2D eigenvalue weighted by Crippen LogP contribution is 2.44. The Labute approximate surface area is 193 Å². The van der Waals surface area contributed by atoms with E-state index in [2.05, 4.69) is 10.6 Å². The Bertz CT molecular complexity index is 972. The zero-order chi connectivity index (χ0) is 24.0. The zero-order valence-electron chi connectivity index (χ0n) is 18.8. The first-order valence-electron chi connectivity index (χ1n) is 11.1. The van der Waals surface area contributed by atoms with E-state index in [4.69, 9.17) is 9.84 Å². The SMILES string of the molecule is CCC(CC)(NC(=O)OCC1c2ccccc2-c2ccccc21)C(=O)N[C@@H](CCO)C(=O)O. The summed E-state index contributed by atoms with van der Waals surface area (Å²) in [4.78, 5) is 37.0. The quantitative estimate of drug-likeness (QED) is 0.437. The molecule has 2 aromatic rings. The van der Waals surface area contributed by atoms with Gasteiger partial charge in [-0.25, -0.2) is 9.59 Å². The predicted molar refractivity (Wildman–Crippen MR) is 123 cm³/mol. The Morgan fingerprint density at radius 1 is 1.00 bits per heavy atom. The first-order valence-corrected chi connectivity index (χ1v) is 11.1. The van der Waals surface area contributed by atoms with Crippen LogP contribution in [0.4, 0.5) is 4.79 Å². The van der Waals surface area contributed by atoms with Crippen LogP contribution in [-0.2, 0) is 14.3 Å². The molecule has 176 valence electrons. The van der Waals surface area contributed by atoms with Gasteiger partial charge in [0.2, 0.25) is 5.91 Å². The number of hydrogen-bond acceptors (Lipinski definition) is 5. The van der Waals surface area contributed by atoms with Crippen molar-refractivity contribution in [2.24, 2.45) is 0 Å². The third-order valence-electron chi connectivity index (χ3n) is 6.35. The van der Waals surface area contributed by atoms with Crippen molar-refractivity contribution >= 4 is 18.0 Å². The molecule has 0 spiro atoms. The number of benzene rings is 2. The lowest BCUT2D eigenvalue weighted by Crippen LogP contribution is -2.60. The fraction of sp³-hybridized carbons (Fsp3) is 0.400. The molecule has 33 heavy (non-hydrogen) atoms. The van der Waals surface area contributed by atoms with Crippen molar-refractivity contribution in [2.45, 2.75) is 50.6 Å². The number of hydrogen-bond donors (Lipinski definition) is 4. The number of carbonyl (C=O) groups excluding carboxylic acids is 2. The first-order chi connectivity index (χ1) is 15.9. The number of aliphatic hydroxyl groups excluding tert-OH is 1. The average Bonchev–Trinajstić information content (AvgIpc) is 3.14. The minimum absolute atomic E-state index is 0.104. The smallest absolute Gasteiger partial charge is 0.408 e. The summed E-state index contributed by atoms with van der Waals surface area (Å²) in [5.41, 5.74) is 3.05. The number of ether oxygens (including phenoxy) is 1. The highest BCUT2D eigenvalue weighted by Gasteiger charge is 2.39. The van der Waals surface area contributed by atoms with Gasteiger partial charge in [0, 0.05) is 18.9 Å². The summed E-state index contributed by atoms with van der Waals surface area (Å²) in [6.45, 7) is 3.18. The standard InChI is InChI=1S/C25H30N2O6/c1-3-25(4-2,23(31)26-21(13-14-28)22(29)30)27-24(32)33-15-20-18-11-7-5-9-16(18)17-10-6-8-12-19(17)20/h5-12,20-21,28H,3-4,13-15H2,1-2H3,(H,26,31)(H,27,32)(H,29,30)/t21-/m0/s1. The molecule has 1 aliphatic rings. The summed E-state index contributed by atoms with van der Waals surface area (Å²) >= 11 is 0. The lowest BCUT2D eigenvalue weighted by atomic mass is 9.91. The molecule has 0 heterocycles. The minimum atomic E-state index is -1.33. The molecule has 8 heteroatoms. The summed E-state index contributed by atoms with van der Waals surface area (Å²) < 4.78 is 5.56. The van der Waals surface area contributed by atoms with Crippen molar-refractivity contribution in [1.29, 1.82) is 0 Å². The van der Waals surface area contributed by atoms with E-state index in [1.165, 1.54) is 0 Å². The van der Waals surface area contributed by atoms with E-state index in [0.29, 0.717) is 0 Å². The van der Waals surface area contributed by atoms with Crippen molar-refractivity contribution in [1.82, 2.24) is 10.6 Å². The Morgan fingerprint density at radius 2 is 1.55 bits per heavy atom. The Morgan fingerprint density at radius 3 is 2.03 bits per heavy atom. The van der Waals surface area contributed by atoms with Gasteiger partial charge < -0.3 is 25.6 Å². The molecule has 4 N–H and O–H groups in total. The molecule has 0 bridgehead atoms. The van der Waals surface area contributed by atoms with Crippen LogP contribution in [0, 0.1) is 0 Å². The molecular formula is C25H30N2O6. The van der Waals surface area contributed by atoms with Crippen LogP contribution in [0.3, 0.4) is 0 Å². The van der Waals surface area contributed by atoms with E-state index in [9.17, 15) is 19.5 Å². The van der Waals surface area contributed by atoms with Gasteiger partial charge in [-0.15, -0.1) is 0 Å². The summed E-state index contributed by atoms with van der Waals surface area (Å²) in [5, 5.41) is 23.4. The number of carboxylic acids is 1. The largest absolute Gasteiger partial charge is 0.480 e. The molecule has 3 rings (SSSR count). The molecule has 0 aromatic heterocycles. The normalized spacial score (nSPS) is 13.5. The molecular weight excluding hydrogens is 424 g/mol. The minimum Gasteiger partial charge on any atom is -0.480 e. The van der Waals surface area contributed by atoms with Crippen LogP contribution < -0.4 is 10.6 Å². The first kappa shape index (κ1) is 24.3. The molecule has 0 radical (unpaired) electrons. The number of carbonyl (C=O) groups is 3. The van der Waals surface area contributed by atoms with Crippen LogP contribution in [0.1, 0.15) is 50.2 Å². The van der Waals surface area contributed by atoms with Gasteiger partial charge >= 0.3 is 12.1 Å². The molecule has 2 amide bonds. The lowest BCUT2D eigenvalue weighted by Gasteiger charge is -2.32.